The third kappa shape index (κ3) is 4.97. The second kappa shape index (κ2) is 8.27. The third-order valence-corrected chi connectivity index (χ3v) is 2.75. The Morgan fingerprint density at radius 3 is 2.85 bits per heavy atom. The zero-order chi connectivity index (χ0) is 15.0. The number of nitrogens with two attached hydrogens (primary N) is 1. The number of methoxy groups -OCH3 is 1. The highest BCUT2D eigenvalue weighted by atomic mass is 16.5. The molecule has 112 valence electrons. The summed E-state index contributed by atoms with van der Waals surface area (Å²) in [6.45, 7) is 3.73. The van der Waals surface area contributed by atoms with Crippen molar-refractivity contribution in [2.45, 2.75) is 6.92 Å². The van der Waals surface area contributed by atoms with Gasteiger partial charge in [0.25, 0.3) is 0 Å². The minimum Gasteiger partial charge on any atom is -0.492 e. The van der Waals surface area contributed by atoms with Gasteiger partial charge >= 0.3 is 0 Å². The van der Waals surface area contributed by atoms with Gasteiger partial charge < -0.3 is 25.4 Å². The Kier molecular flexibility index (Phi) is 6.66. The molecule has 1 rings (SSSR count). The van der Waals surface area contributed by atoms with E-state index in [1.807, 2.05) is 31.0 Å². The Bertz CT molecular complexity index is 438. The molecule has 3 N–H and O–H groups in total. The van der Waals surface area contributed by atoms with Crippen molar-refractivity contribution in [2.75, 3.05) is 51.1 Å². The first kappa shape index (κ1) is 16.1. The van der Waals surface area contributed by atoms with Gasteiger partial charge in [0.15, 0.2) is 0 Å². The summed E-state index contributed by atoms with van der Waals surface area (Å²) >= 11 is 0. The van der Waals surface area contributed by atoms with Gasteiger partial charge in [0, 0.05) is 32.5 Å². The SMILES string of the molecule is CCOc1cc(N(C)CC(=O)NCCOC)ccc1N. The molecule has 0 atom stereocenters. The third-order valence-electron chi connectivity index (χ3n) is 2.75. The van der Waals surface area contributed by atoms with Crippen molar-refractivity contribution in [3.63, 3.8) is 0 Å². The fraction of sp³-hybridized carbons (Fsp3) is 0.500. The molecule has 0 heterocycles. The van der Waals surface area contributed by atoms with E-state index >= 15 is 0 Å². The van der Waals surface area contributed by atoms with Crippen molar-refractivity contribution in [3.8, 4) is 5.75 Å². The summed E-state index contributed by atoms with van der Waals surface area (Å²) in [6.07, 6.45) is 0. The predicted molar refractivity (Wildman–Crippen MR) is 80.2 cm³/mol. The predicted octanol–water partition coefficient (Wildman–Crippen LogP) is 0.866. The Morgan fingerprint density at radius 1 is 1.45 bits per heavy atom. The Hall–Kier alpha value is -1.95. The molecule has 0 aliphatic rings. The molecule has 0 bridgehead atoms. The maximum absolute atomic E-state index is 11.7. The van der Waals surface area contributed by atoms with Crippen LogP contribution in [0.2, 0.25) is 0 Å². The number of likely N-dealkylation sites (N-methyl/N-ethyl adjacent to an activating group) is 1. The number of carbonyl (C=O) groups excluding carboxylic acids is 1. The smallest absolute Gasteiger partial charge is 0.239 e. The van der Waals surface area contributed by atoms with Crippen molar-refractivity contribution in [2.24, 2.45) is 0 Å². The first-order valence-electron chi connectivity index (χ1n) is 6.57. The van der Waals surface area contributed by atoms with E-state index in [2.05, 4.69) is 5.32 Å². The fourth-order valence-electron chi connectivity index (χ4n) is 1.70. The lowest BCUT2D eigenvalue weighted by molar-refractivity contribution is -0.119. The number of amides is 1. The van der Waals surface area contributed by atoms with Crippen LogP contribution in [-0.4, -0.2) is 46.4 Å². The molecule has 0 radical (unpaired) electrons. The van der Waals surface area contributed by atoms with E-state index in [1.165, 1.54) is 0 Å². The van der Waals surface area contributed by atoms with Crippen LogP contribution in [-0.2, 0) is 9.53 Å². The van der Waals surface area contributed by atoms with Crippen LogP contribution in [0.4, 0.5) is 11.4 Å². The molecular formula is C14H23N3O3. The molecule has 0 saturated carbocycles. The molecule has 0 aliphatic carbocycles. The summed E-state index contributed by atoms with van der Waals surface area (Å²) in [5.41, 5.74) is 7.29. The van der Waals surface area contributed by atoms with Gasteiger partial charge in [0.2, 0.25) is 5.91 Å². The van der Waals surface area contributed by atoms with Crippen LogP contribution in [0.1, 0.15) is 6.92 Å². The summed E-state index contributed by atoms with van der Waals surface area (Å²) in [5, 5.41) is 2.77. The van der Waals surface area contributed by atoms with Gasteiger partial charge in [-0.25, -0.2) is 0 Å². The zero-order valence-electron chi connectivity index (χ0n) is 12.3. The molecule has 6 nitrogen and oxygen atoms in total. The van der Waals surface area contributed by atoms with Gasteiger partial charge in [0.1, 0.15) is 5.75 Å². The van der Waals surface area contributed by atoms with Gasteiger partial charge in [-0.15, -0.1) is 0 Å². The van der Waals surface area contributed by atoms with E-state index < -0.39 is 0 Å². The van der Waals surface area contributed by atoms with E-state index in [1.54, 1.807) is 13.2 Å². The molecule has 20 heavy (non-hydrogen) atoms. The summed E-state index contributed by atoms with van der Waals surface area (Å²) in [5.74, 6) is 0.580. The lowest BCUT2D eigenvalue weighted by Gasteiger charge is -2.20. The molecule has 6 heteroatoms. The number of nitrogens with zero attached hydrogens (tertiary/aromatic N) is 1. The van der Waals surface area contributed by atoms with Crippen LogP contribution in [0.3, 0.4) is 0 Å². The molecule has 1 aromatic carbocycles. The second-order valence-electron chi connectivity index (χ2n) is 4.35. The average molecular weight is 281 g/mol. The maximum Gasteiger partial charge on any atom is 0.239 e. The van der Waals surface area contributed by atoms with Gasteiger partial charge in [-0.3, -0.25) is 4.79 Å². The molecule has 0 saturated heterocycles. The summed E-state index contributed by atoms with van der Waals surface area (Å²) in [4.78, 5) is 13.6. The van der Waals surface area contributed by atoms with Crippen LogP contribution in [0.5, 0.6) is 5.75 Å². The van der Waals surface area contributed by atoms with E-state index in [0.717, 1.165) is 5.69 Å². The number of anilines is 2. The molecule has 0 aromatic heterocycles. The largest absolute Gasteiger partial charge is 0.492 e. The topological polar surface area (TPSA) is 76.8 Å². The summed E-state index contributed by atoms with van der Waals surface area (Å²) < 4.78 is 10.3. The quantitative estimate of drug-likeness (QED) is 0.546. The normalized spacial score (nSPS) is 10.2. The molecule has 0 fully saturated rings. The van der Waals surface area contributed by atoms with Crippen LogP contribution >= 0.6 is 0 Å². The summed E-state index contributed by atoms with van der Waals surface area (Å²) in [7, 11) is 3.44. The van der Waals surface area contributed by atoms with Crippen LogP contribution in [0.25, 0.3) is 0 Å². The molecule has 0 spiro atoms. The second-order valence-corrected chi connectivity index (χ2v) is 4.35. The molecule has 1 amide bonds. The first-order valence-corrected chi connectivity index (χ1v) is 6.57. The standard InChI is InChI=1S/C14H23N3O3/c1-4-20-13-9-11(5-6-12(13)15)17(2)10-14(18)16-7-8-19-3/h5-6,9H,4,7-8,10,15H2,1-3H3,(H,16,18). The van der Waals surface area contributed by atoms with Crippen LogP contribution in [0, 0.1) is 0 Å². The highest BCUT2D eigenvalue weighted by Crippen LogP contribution is 2.27. The number of ether oxygens (including phenoxy) is 2. The van der Waals surface area contributed by atoms with Gasteiger partial charge in [-0.2, -0.15) is 0 Å². The van der Waals surface area contributed by atoms with E-state index in [0.29, 0.717) is 31.2 Å². The van der Waals surface area contributed by atoms with Crippen LogP contribution in [0.15, 0.2) is 18.2 Å². The average Bonchev–Trinajstić information content (AvgIpc) is 2.41. The highest BCUT2D eigenvalue weighted by Gasteiger charge is 2.09. The van der Waals surface area contributed by atoms with Gasteiger partial charge in [0.05, 0.1) is 25.4 Å². The van der Waals surface area contributed by atoms with Gasteiger partial charge in [-0.05, 0) is 19.1 Å². The monoisotopic (exact) mass is 281 g/mol. The van der Waals surface area contributed by atoms with Gasteiger partial charge in [-0.1, -0.05) is 0 Å². The van der Waals surface area contributed by atoms with E-state index in [-0.39, 0.29) is 12.5 Å². The number of benzene rings is 1. The number of hydrogen-bond acceptors (Lipinski definition) is 5. The lowest BCUT2D eigenvalue weighted by atomic mass is 10.2. The Balaban J connectivity index is 2.60. The van der Waals surface area contributed by atoms with Crippen molar-refractivity contribution in [1.82, 2.24) is 5.32 Å². The number of carbonyl (C=O) groups is 1. The number of hydrogen-bond donors (Lipinski definition) is 2. The maximum atomic E-state index is 11.7. The van der Waals surface area contributed by atoms with Crippen molar-refractivity contribution in [3.05, 3.63) is 18.2 Å². The van der Waals surface area contributed by atoms with Crippen molar-refractivity contribution >= 4 is 17.3 Å². The summed E-state index contributed by atoms with van der Waals surface area (Å²) in [6, 6.07) is 5.47. The highest BCUT2D eigenvalue weighted by molar-refractivity contribution is 5.81. The zero-order valence-corrected chi connectivity index (χ0v) is 12.3. The van der Waals surface area contributed by atoms with Crippen molar-refractivity contribution < 1.29 is 14.3 Å². The molecular weight excluding hydrogens is 258 g/mol. The van der Waals surface area contributed by atoms with E-state index in [9.17, 15) is 4.79 Å². The minimum atomic E-state index is -0.0562. The van der Waals surface area contributed by atoms with Crippen LogP contribution < -0.4 is 20.7 Å². The fourth-order valence-corrected chi connectivity index (χ4v) is 1.70. The number of nitrogen functional groups attached to an aromatic ring is 1. The lowest BCUT2D eigenvalue weighted by Crippen LogP contribution is -2.36. The Morgan fingerprint density at radius 2 is 2.20 bits per heavy atom. The molecule has 0 aliphatic heterocycles. The Labute approximate surface area is 119 Å². The molecule has 1 aromatic rings. The minimum absolute atomic E-state index is 0.0562. The first-order chi connectivity index (χ1) is 9.58. The number of nitrogens with one attached hydrogen (secondary N) is 1. The molecule has 0 unspecified atom stereocenters. The van der Waals surface area contributed by atoms with E-state index in [4.69, 9.17) is 15.2 Å². The number of rotatable bonds is 8. The van der Waals surface area contributed by atoms with Crippen molar-refractivity contribution in [1.29, 1.82) is 0 Å².